The van der Waals surface area contributed by atoms with Crippen LogP contribution in [0.2, 0.25) is 0 Å². The van der Waals surface area contributed by atoms with E-state index in [1.54, 1.807) is 24.0 Å². The topological polar surface area (TPSA) is 97.1 Å². The minimum Gasteiger partial charge on any atom is -0.352 e. The van der Waals surface area contributed by atoms with Gasteiger partial charge in [0.25, 0.3) is 0 Å². The maximum absolute atomic E-state index is 12.4. The molecular formula is C15H18N4O2S. The lowest BCUT2D eigenvalue weighted by atomic mass is 10.1. The number of aromatic nitrogens is 1. The fourth-order valence-electron chi connectivity index (χ4n) is 2.10. The summed E-state index contributed by atoms with van der Waals surface area (Å²) < 4.78 is 0. The van der Waals surface area contributed by atoms with Crippen LogP contribution in [0.1, 0.15) is 6.42 Å². The zero-order valence-corrected chi connectivity index (χ0v) is 13.0. The first-order valence-electron chi connectivity index (χ1n) is 6.81. The Morgan fingerprint density at radius 1 is 1.32 bits per heavy atom. The highest BCUT2D eigenvalue weighted by Crippen LogP contribution is 2.21. The molecule has 2 aromatic rings. The predicted molar refractivity (Wildman–Crippen MR) is 89.9 cm³/mol. The van der Waals surface area contributed by atoms with Gasteiger partial charge in [0.15, 0.2) is 0 Å². The lowest BCUT2D eigenvalue weighted by molar-refractivity contribution is -0.117. The summed E-state index contributed by atoms with van der Waals surface area (Å²) in [6.07, 6.45) is 4.12. The number of benzene rings is 1. The summed E-state index contributed by atoms with van der Waals surface area (Å²) in [5.74, 6) is 0.442. The monoisotopic (exact) mass is 318 g/mol. The van der Waals surface area contributed by atoms with Crippen LogP contribution in [0.3, 0.4) is 0 Å². The summed E-state index contributed by atoms with van der Waals surface area (Å²) in [6, 6.07) is 7.93. The molecule has 0 aliphatic heterocycles. The van der Waals surface area contributed by atoms with Gasteiger partial charge in [-0.25, -0.2) is 4.79 Å². The average Bonchev–Trinajstić information content (AvgIpc) is 2.51. The third-order valence-electron chi connectivity index (χ3n) is 3.13. The molecule has 116 valence electrons. The van der Waals surface area contributed by atoms with Crippen molar-refractivity contribution in [3.63, 3.8) is 0 Å². The van der Waals surface area contributed by atoms with Crippen LogP contribution in [0.15, 0.2) is 36.5 Å². The molecule has 2 rings (SSSR count). The second-order valence-electron chi connectivity index (χ2n) is 4.71. The van der Waals surface area contributed by atoms with Crippen LogP contribution in [-0.2, 0) is 4.79 Å². The number of amides is 3. The molecule has 0 radical (unpaired) electrons. The number of anilines is 1. The molecule has 6 nitrogen and oxygen atoms in total. The Bertz CT molecular complexity index is 672. The van der Waals surface area contributed by atoms with Crippen LogP contribution in [0.4, 0.5) is 10.5 Å². The van der Waals surface area contributed by atoms with Crippen molar-refractivity contribution in [1.82, 2.24) is 10.3 Å². The van der Waals surface area contributed by atoms with Gasteiger partial charge in [-0.3, -0.25) is 9.78 Å². The molecule has 22 heavy (non-hydrogen) atoms. The molecule has 1 atom stereocenters. The molecule has 0 aliphatic rings. The molecule has 1 heterocycles. The van der Waals surface area contributed by atoms with Crippen LogP contribution in [-0.4, -0.2) is 35.0 Å². The SMILES string of the molecule is CSCCC(NC(N)=O)C(=O)Nc1cccc2cccnc12. The first-order valence-corrected chi connectivity index (χ1v) is 8.20. The number of thioether (sulfide) groups is 1. The fourth-order valence-corrected chi connectivity index (χ4v) is 2.57. The Kier molecular flexibility index (Phi) is 5.60. The lowest BCUT2D eigenvalue weighted by Gasteiger charge is -2.17. The highest BCUT2D eigenvalue weighted by Gasteiger charge is 2.20. The van der Waals surface area contributed by atoms with E-state index in [0.717, 1.165) is 11.1 Å². The fraction of sp³-hybridized carbons (Fsp3) is 0.267. The van der Waals surface area contributed by atoms with Gasteiger partial charge in [0.1, 0.15) is 6.04 Å². The Hall–Kier alpha value is -2.28. The minimum atomic E-state index is -0.711. The van der Waals surface area contributed by atoms with Crippen molar-refractivity contribution in [1.29, 1.82) is 0 Å². The molecular weight excluding hydrogens is 300 g/mol. The van der Waals surface area contributed by atoms with E-state index in [1.807, 2.05) is 30.5 Å². The van der Waals surface area contributed by atoms with Gasteiger partial charge in [-0.2, -0.15) is 11.8 Å². The molecule has 0 bridgehead atoms. The normalized spacial score (nSPS) is 11.9. The average molecular weight is 318 g/mol. The molecule has 0 aliphatic carbocycles. The Morgan fingerprint density at radius 3 is 2.82 bits per heavy atom. The first kappa shape index (κ1) is 16.1. The maximum Gasteiger partial charge on any atom is 0.312 e. The second-order valence-corrected chi connectivity index (χ2v) is 5.70. The zero-order chi connectivity index (χ0) is 15.9. The standard InChI is InChI=1S/C15H18N4O2S/c1-22-9-7-12(19-15(16)21)14(20)18-11-6-2-4-10-5-3-8-17-13(10)11/h2-6,8,12H,7,9H2,1H3,(H,18,20)(H3,16,19,21). The van der Waals surface area contributed by atoms with Crippen molar-refractivity contribution in [2.24, 2.45) is 5.73 Å². The molecule has 1 aromatic heterocycles. The summed E-state index contributed by atoms with van der Waals surface area (Å²) in [5, 5.41) is 6.23. The van der Waals surface area contributed by atoms with Crippen molar-refractivity contribution in [2.45, 2.75) is 12.5 Å². The third kappa shape index (κ3) is 4.11. The van der Waals surface area contributed by atoms with Gasteiger partial charge in [-0.1, -0.05) is 18.2 Å². The zero-order valence-electron chi connectivity index (χ0n) is 12.2. The van der Waals surface area contributed by atoms with Gasteiger partial charge >= 0.3 is 6.03 Å². The number of fused-ring (bicyclic) bond motifs is 1. The van der Waals surface area contributed by atoms with Crippen LogP contribution < -0.4 is 16.4 Å². The number of carbonyl (C=O) groups excluding carboxylic acids is 2. The summed E-state index contributed by atoms with van der Waals surface area (Å²) >= 11 is 1.60. The van der Waals surface area contributed by atoms with E-state index in [2.05, 4.69) is 15.6 Å². The third-order valence-corrected chi connectivity index (χ3v) is 3.78. The van der Waals surface area contributed by atoms with E-state index < -0.39 is 12.1 Å². The molecule has 3 amide bonds. The van der Waals surface area contributed by atoms with Crippen molar-refractivity contribution < 1.29 is 9.59 Å². The minimum absolute atomic E-state index is 0.300. The van der Waals surface area contributed by atoms with Crippen molar-refractivity contribution >= 4 is 40.3 Å². The smallest absolute Gasteiger partial charge is 0.312 e. The first-order chi connectivity index (χ1) is 10.6. The van der Waals surface area contributed by atoms with E-state index in [4.69, 9.17) is 5.73 Å². The number of hydrogen-bond donors (Lipinski definition) is 3. The lowest BCUT2D eigenvalue weighted by Crippen LogP contribution is -2.46. The number of para-hydroxylation sites is 1. The van der Waals surface area contributed by atoms with Gasteiger partial charge in [0.05, 0.1) is 11.2 Å². The second kappa shape index (κ2) is 7.65. The summed E-state index contributed by atoms with van der Waals surface area (Å²) in [6.45, 7) is 0. The van der Waals surface area contributed by atoms with Crippen LogP contribution >= 0.6 is 11.8 Å². The Morgan fingerprint density at radius 2 is 2.09 bits per heavy atom. The highest BCUT2D eigenvalue weighted by molar-refractivity contribution is 7.98. The van der Waals surface area contributed by atoms with Crippen molar-refractivity contribution in [2.75, 3.05) is 17.3 Å². The molecule has 0 fully saturated rings. The number of hydrogen-bond acceptors (Lipinski definition) is 4. The number of urea groups is 1. The number of pyridine rings is 1. The van der Waals surface area contributed by atoms with E-state index in [0.29, 0.717) is 17.6 Å². The number of nitrogens with one attached hydrogen (secondary N) is 2. The van der Waals surface area contributed by atoms with Gasteiger partial charge in [0, 0.05) is 11.6 Å². The molecule has 4 N–H and O–H groups in total. The quantitative estimate of drug-likeness (QED) is 0.758. The van der Waals surface area contributed by atoms with Gasteiger partial charge in [-0.05, 0) is 30.6 Å². The summed E-state index contributed by atoms with van der Waals surface area (Å²) in [5.41, 5.74) is 6.46. The van der Waals surface area contributed by atoms with Gasteiger partial charge < -0.3 is 16.4 Å². The van der Waals surface area contributed by atoms with E-state index in [1.165, 1.54) is 0 Å². The Balaban J connectivity index is 2.18. The van der Waals surface area contributed by atoms with Crippen LogP contribution in [0.5, 0.6) is 0 Å². The highest BCUT2D eigenvalue weighted by atomic mass is 32.2. The maximum atomic E-state index is 12.4. The number of nitrogens with two attached hydrogens (primary N) is 1. The van der Waals surface area contributed by atoms with Crippen molar-refractivity contribution in [3.05, 3.63) is 36.5 Å². The number of nitrogens with zero attached hydrogens (tertiary/aromatic N) is 1. The van der Waals surface area contributed by atoms with Crippen LogP contribution in [0, 0.1) is 0 Å². The summed E-state index contributed by atoms with van der Waals surface area (Å²) in [7, 11) is 0. The van der Waals surface area contributed by atoms with Crippen LogP contribution in [0.25, 0.3) is 10.9 Å². The number of rotatable bonds is 6. The largest absolute Gasteiger partial charge is 0.352 e. The predicted octanol–water partition coefficient (Wildman–Crippen LogP) is 1.96. The van der Waals surface area contributed by atoms with Gasteiger partial charge in [-0.15, -0.1) is 0 Å². The molecule has 0 spiro atoms. The summed E-state index contributed by atoms with van der Waals surface area (Å²) in [4.78, 5) is 27.7. The van der Waals surface area contributed by atoms with Crippen molar-refractivity contribution in [3.8, 4) is 0 Å². The van der Waals surface area contributed by atoms with E-state index in [-0.39, 0.29) is 5.91 Å². The van der Waals surface area contributed by atoms with Gasteiger partial charge in [0.2, 0.25) is 5.91 Å². The number of carbonyl (C=O) groups is 2. The Labute approximate surface area is 132 Å². The molecule has 0 saturated heterocycles. The molecule has 7 heteroatoms. The molecule has 1 aromatic carbocycles. The molecule has 0 saturated carbocycles. The molecule has 1 unspecified atom stereocenters. The van der Waals surface area contributed by atoms with E-state index in [9.17, 15) is 9.59 Å². The number of primary amides is 1. The van der Waals surface area contributed by atoms with E-state index >= 15 is 0 Å².